The maximum Gasteiger partial charge on any atom is 0.330 e. The summed E-state index contributed by atoms with van der Waals surface area (Å²) in [7, 11) is 0. The number of nitrogens with one attached hydrogen (secondary N) is 3. The molecule has 0 aliphatic rings. The fourth-order valence-electron chi connectivity index (χ4n) is 8.35. The molecule has 0 aliphatic carbocycles. The molecule has 0 aliphatic heterocycles. The summed E-state index contributed by atoms with van der Waals surface area (Å²) >= 11 is 8.86. The van der Waals surface area contributed by atoms with Crippen molar-refractivity contribution in [1.29, 1.82) is 0 Å². The minimum atomic E-state index is -0.565. The van der Waals surface area contributed by atoms with E-state index in [-0.39, 0.29) is 12.2 Å². The van der Waals surface area contributed by atoms with Crippen molar-refractivity contribution in [3.63, 3.8) is 0 Å². The Morgan fingerprint density at radius 1 is 0.603 bits per heavy atom. The van der Waals surface area contributed by atoms with Gasteiger partial charge >= 0.3 is 11.4 Å². The SMILES string of the molecule is CCCCc1c(C)nc2nc(SCc3nc4[nH]c(=O)[nH]c(=O)c4n3CC)nn2c1C.CCCCc1c(C)nc2nc(SCc3nc4c(c(=O)[nH]c(=O)n4Cc4ccc(Cl)cc4)n3CC)nn2c1C. The van der Waals surface area contributed by atoms with E-state index in [2.05, 4.69) is 72.7 Å². The molecule has 9 aromatic rings. The Kier molecular flexibility index (Phi) is 14.5. The van der Waals surface area contributed by atoms with E-state index < -0.39 is 22.5 Å². The summed E-state index contributed by atoms with van der Waals surface area (Å²) in [6.45, 7) is 17.7. The average molecular weight is 982 g/mol. The first-order chi connectivity index (χ1) is 32.7. The number of nitrogens with zero attached hydrogens (tertiary/aromatic N) is 13. The van der Waals surface area contributed by atoms with Gasteiger partial charge in [-0.1, -0.05) is 73.9 Å². The van der Waals surface area contributed by atoms with Crippen LogP contribution in [0.2, 0.25) is 5.02 Å². The van der Waals surface area contributed by atoms with Gasteiger partial charge in [-0.25, -0.2) is 38.6 Å². The lowest BCUT2D eigenvalue weighted by atomic mass is 10.1. The number of benzene rings is 1. The number of aromatic nitrogens is 16. The molecule has 0 spiro atoms. The second kappa shape index (κ2) is 20.5. The molecular weight excluding hydrogens is 928 g/mol. The van der Waals surface area contributed by atoms with Gasteiger partial charge in [-0.3, -0.25) is 29.1 Å². The molecule has 3 N–H and O–H groups in total. The Labute approximate surface area is 402 Å². The number of thioether (sulfide) groups is 2. The number of H-pyrrole nitrogens is 3. The van der Waals surface area contributed by atoms with E-state index in [1.807, 2.05) is 44.4 Å². The quantitative estimate of drug-likeness (QED) is 0.0886. The van der Waals surface area contributed by atoms with Crippen molar-refractivity contribution in [2.24, 2.45) is 0 Å². The van der Waals surface area contributed by atoms with E-state index >= 15 is 0 Å². The molecule has 0 unspecified atom stereocenters. The number of halogens is 1. The van der Waals surface area contributed by atoms with Crippen LogP contribution in [0, 0.1) is 27.7 Å². The highest BCUT2D eigenvalue weighted by Gasteiger charge is 2.21. The van der Waals surface area contributed by atoms with Crippen molar-refractivity contribution in [3.8, 4) is 0 Å². The third kappa shape index (κ3) is 9.66. The van der Waals surface area contributed by atoms with Crippen LogP contribution in [0.4, 0.5) is 0 Å². The number of hydrogen-bond donors (Lipinski definition) is 3. The highest BCUT2D eigenvalue weighted by molar-refractivity contribution is 7.98. The topological polar surface area (TPSA) is 242 Å². The first-order valence-corrected chi connectivity index (χ1v) is 25.0. The van der Waals surface area contributed by atoms with Gasteiger partial charge in [-0.15, -0.1) is 10.2 Å². The average Bonchev–Trinajstić information content (AvgIpc) is 4.10. The molecule has 0 amide bonds. The highest BCUT2D eigenvalue weighted by Crippen LogP contribution is 2.26. The molecule has 20 nitrogen and oxygen atoms in total. The van der Waals surface area contributed by atoms with Gasteiger partial charge in [-0.05, 0) is 96.0 Å². The van der Waals surface area contributed by atoms with Crippen LogP contribution in [-0.4, -0.2) is 77.8 Å². The van der Waals surface area contributed by atoms with Gasteiger partial charge < -0.3 is 9.13 Å². The van der Waals surface area contributed by atoms with Crippen molar-refractivity contribution >= 4 is 69.0 Å². The molecule has 1 aromatic carbocycles. The molecule has 8 heterocycles. The van der Waals surface area contributed by atoms with E-state index in [9.17, 15) is 19.2 Å². The summed E-state index contributed by atoms with van der Waals surface area (Å²) < 4.78 is 8.72. The van der Waals surface area contributed by atoms with Crippen LogP contribution in [0.5, 0.6) is 0 Å². The largest absolute Gasteiger partial charge is 0.330 e. The smallest absolute Gasteiger partial charge is 0.322 e. The van der Waals surface area contributed by atoms with Crippen molar-refractivity contribution in [2.75, 3.05) is 0 Å². The Morgan fingerprint density at radius 3 is 1.65 bits per heavy atom. The van der Waals surface area contributed by atoms with Crippen LogP contribution in [0.15, 0.2) is 53.8 Å². The minimum Gasteiger partial charge on any atom is -0.322 e. The summed E-state index contributed by atoms with van der Waals surface area (Å²) in [5, 5.41) is 11.1. The zero-order valence-corrected chi connectivity index (χ0v) is 41.6. The molecule has 0 fully saturated rings. The summed E-state index contributed by atoms with van der Waals surface area (Å²) in [5.74, 6) is 3.37. The third-order valence-electron chi connectivity index (χ3n) is 11.9. The van der Waals surface area contributed by atoms with E-state index in [4.69, 9.17) is 21.7 Å². The van der Waals surface area contributed by atoms with Gasteiger partial charge in [0.15, 0.2) is 22.3 Å². The van der Waals surface area contributed by atoms with Crippen molar-refractivity contribution in [3.05, 3.63) is 122 Å². The second-order valence-electron chi connectivity index (χ2n) is 16.3. The van der Waals surface area contributed by atoms with Crippen molar-refractivity contribution < 1.29 is 0 Å². The Balaban J connectivity index is 0.000000189. The standard InChI is InChI=1S/C26H29ClN8O2S.C19H24N8O2S/c1-5-7-8-19-15(3)28-24-31-25(32-35(24)16(19)4)38-14-20-29-22-21(33(20)6-2)23(36)30-26(37)34(22)13-17-9-11-18(27)12-10-17;1-5-7-8-12-10(3)20-17-24-19(25-27(17)11(12)4)30-9-13-21-15-14(26(13)6-2)16(28)23-18(29)22-15/h9-12H,5-8,13-14H2,1-4H3,(H,30,36,37);5-9H2,1-4H3,(H2,22,23,28,29). The first kappa shape index (κ1) is 48.1. The fourth-order valence-corrected chi connectivity index (χ4v) is 10.0. The van der Waals surface area contributed by atoms with Gasteiger partial charge in [0, 0.05) is 40.9 Å². The van der Waals surface area contributed by atoms with Crippen LogP contribution < -0.4 is 22.5 Å². The van der Waals surface area contributed by atoms with E-state index in [0.717, 1.165) is 66.9 Å². The summed E-state index contributed by atoms with van der Waals surface area (Å²) in [5.41, 5.74) is 6.81. The van der Waals surface area contributed by atoms with Gasteiger partial charge in [0.1, 0.15) is 11.6 Å². The fraction of sp³-hybridized carbons (Fsp3) is 0.422. The van der Waals surface area contributed by atoms with Gasteiger partial charge in [-0.2, -0.15) is 9.97 Å². The normalized spacial score (nSPS) is 11.7. The van der Waals surface area contributed by atoms with E-state index in [0.29, 0.717) is 79.8 Å². The molecule has 23 heteroatoms. The second-order valence-corrected chi connectivity index (χ2v) is 18.6. The molecule has 0 radical (unpaired) electrons. The number of rotatable bonds is 16. The van der Waals surface area contributed by atoms with Crippen molar-refractivity contribution in [2.45, 2.75) is 135 Å². The number of fused-ring (bicyclic) bond motifs is 4. The summed E-state index contributed by atoms with van der Waals surface area (Å²) in [4.78, 5) is 84.3. The lowest BCUT2D eigenvalue weighted by molar-refractivity contribution is 0.736. The van der Waals surface area contributed by atoms with Gasteiger partial charge in [0.2, 0.25) is 10.3 Å². The molecule has 0 saturated carbocycles. The molecule has 0 bridgehead atoms. The van der Waals surface area contributed by atoms with E-state index in [1.165, 1.54) is 39.2 Å². The zero-order chi connectivity index (χ0) is 48.4. The van der Waals surface area contributed by atoms with Crippen LogP contribution in [0.3, 0.4) is 0 Å². The van der Waals surface area contributed by atoms with Gasteiger partial charge in [0.05, 0.1) is 18.1 Å². The van der Waals surface area contributed by atoms with Crippen LogP contribution in [0.25, 0.3) is 33.9 Å². The Morgan fingerprint density at radius 2 is 1.12 bits per heavy atom. The van der Waals surface area contributed by atoms with E-state index in [1.54, 1.807) is 25.7 Å². The molecular formula is C45H53ClN16O4S2. The van der Waals surface area contributed by atoms with Crippen LogP contribution in [0.1, 0.15) is 104 Å². The number of aryl methyl sites for hydroxylation is 6. The summed E-state index contributed by atoms with van der Waals surface area (Å²) in [6.07, 6.45) is 6.39. The van der Waals surface area contributed by atoms with Crippen molar-refractivity contribution in [1.82, 2.24) is 77.8 Å². The van der Waals surface area contributed by atoms with Crippen LogP contribution in [-0.2, 0) is 44.0 Å². The molecule has 9 rings (SSSR count). The monoisotopic (exact) mass is 980 g/mol. The molecule has 356 valence electrons. The maximum atomic E-state index is 12.8. The number of aromatic amines is 3. The van der Waals surface area contributed by atoms with Gasteiger partial charge in [0.25, 0.3) is 22.7 Å². The Hall–Kier alpha value is -6.39. The highest BCUT2D eigenvalue weighted by atomic mass is 35.5. The first-order valence-electron chi connectivity index (χ1n) is 22.6. The minimum absolute atomic E-state index is 0.259. The molecule has 68 heavy (non-hydrogen) atoms. The molecule has 0 saturated heterocycles. The predicted octanol–water partition coefficient (Wildman–Crippen LogP) is 6.42. The number of imidazole rings is 2. The zero-order valence-electron chi connectivity index (χ0n) is 39.2. The number of unbranched alkanes of at least 4 members (excludes halogenated alkanes) is 2. The molecule has 0 atom stereocenters. The Bertz CT molecular complexity index is 3560. The summed E-state index contributed by atoms with van der Waals surface area (Å²) in [6, 6.07) is 7.23. The lowest BCUT2D eigenvalue weighted by Gasteiger charge is -2.09. The lowest BCUT2D eigenvalue weighted by Crippen LogP contribution is -2.31. The molecule has 8 aromatic heterocycles. The predicted molar refractivity (Wildman–Crippen MR) is 264 cm³/mol. The maximum absolute atomic E-state index is 12.8. The number of hydrogen-bond acceptors (Lipinski definition) is 14. The third-order valence-corrected chi connectivity index (χ3v) is 13.8. The van der Waals surface area contributed by atoms with Crippen LogP contribution >= 0.6 is 35.1 Å².